The van der Waals surface area contributed by atoms with Crippen LogP contribution in [0.25, 0.3) is 0 Å². The second kappa shape index (κ2) is 4.84. The Morgan fingerprint density at radius 2 is 1.93 bits per heavy atom. The summed E-state index contributed by atoms with van der Waals surface area (Å²) in [4.78, 5) is 16.1. The molecule has 1 aliphatic heterocycles. The third-order valence-corrected chi connectivity index (χ3v) is 3.19. The van der Waals surface area contributed by atoms with E-state index in [1.165, 1.54) is 12.8 Å². The number of hydrogen-bond donors (Lipinski definition) is 1. The summed E-state index contributed by atoms with van der Waals surface area (Å²) in [5.41, 5.74) is 0. The third-order valence-electron chi connectivity index (χ3n) is 3.19. The minimum atomic E-state index is 0.118. The molecule has 0 spiro atoms. The monoisotopic (exact) mass is 211 g/mol. The number of nitrogens with zero attached hydrogens (tertiary/aromatic N) is 2. The first-order valence-electron chi connectivity index (χ1n) is 6.08. The van der Waals surface area contributed by atoms with Crippen molar-refractivity contribution in [3.8, 4) is 0 Å². The van der Waals surface area contributed by atoms with Gasteiger partial charge in [-0.05, 0) is 19.3 Å². The lowest BCUT2D eigenvalue weighted by Crippen LogP contribution is -2.52. The molecule has 0 aromatic carbocycles. The number of urea groups is 1. The Bertz CT molecular complexity index is 220. The molecule has 2 rings (SSSR count). The van der Waals surface area contributed by atoms with E-state index in [4.69, 9.17) is 0 Å². The van der Waals surface area contributed by atoms with Gasteiger partial charge in [-0.25, -0.2) is 4.79 Å². The predicted molar refractivity (Wildman–Crippen MR) is 59.9 cm³/mol. The van der Waals surface area contributed by atoms with Gasteiger partial charge in [0, 0.05) is 38.8 Å². The van der Waals surface area contributed by atoms with E-state index >= 15 is 0 Å². The minimum absolute atomic E-state index is 0.118. The van der Waals surface area contributed by atoms with Gasteiger partial charge >= 0.3 is 6.03 Å². The summed E-state index contributed by atoms with van der Waals surface area (Å²) in [5.74, 6) is 0. The lowest BCUT2D eigenvalue weighted by Gasteiger charge is -2.34. The van der Waals surface area contributed by atoms with Crippen LogP contribution in [0.1, 0.15) is 26.2 Å². The average molecular weight is 211 g/mol. The lowest BCUT2D eigenvalue weighted by atomic mass is 10.3. The summed E-state index contributed by atoms with van der Waals surface area (Å²) < 4.78 is 0. The Kier molecular flexibility index (Phi) is 3.46. The van der Waals surface area contributed by atoms with Crippen molar-refractivity contribution in [2.75, 3.05) is 32.7 Å². The van der Waals surface area contributed by atoms with E-state index in [0.717, 1.165) is 45.2 Å². The van der Waals surface area contributed by atoms with Gasteiger partial charge in [-0.3, -0.25) is 4.90 Å². The average Bonchev–Trinajstić information content (AvgIpc) is 3.10. The van der Waals surface area contributed by atoms with Gasteiger partial charge in [-0.2, -0.15) is 0 Å². The van der Waals surface area contributed by atoms with Crippen molar-refractivity contribution in [2.45, 2.75) is 32.2 Å². The maximum Gasteiger partial charge on any atom is 0.317 e. The molecule has 0 radical (unpaired) electrons. The van der Waals surface area contributed by atoms with Crippen LogP contribution in [0.2, 0.25) is 0 Å². The Labute approximate surface area is 91.6 Å². The van der Waals surface area contributed by atoms with E-state index in [9.17, 15) is 4.79 Å². The summed E-state index contributed by atoms with van der Waals surface area (Å²) in [5, 5.41) is 2.93. The fourth-order valence-electron chi connectivity index (χ4n) is 2.07. The molecule has 86 valence electrons. The Hall–Kier alpha value is -0.770. The molecule has 0 unspecified atom stereocenters. The normalized spacial score (nSPS) is 22.9. The van der Waals surface area contributed by atoms with Gasteiger partial charge in [0.05, 0.1) is 0 Å². The molecule has 2 aliphatic rings. The Morgan fingerprint density at radius 1 is 1.27 bits per heavy atom. The van der Waals surface area contributed by atoms with Crippen molar-refractivity contribution in [3.63, 3.8) is 0 Å². The van der Waals surface area contributed by atoms with E-state index in [1.54, 1.807) is 0 Å². The minimum Gasteiger partial charge on any atom is -0.338 e. The maximum absolute atomic E-state index is 11.6. The number of carbonyl (C=O) groups excluding carboxylic acids is 1. The number of hydrogen-bond acceptors (Lipinski definition) is 2. The first-order valence-corrected chi connectivity index (χ1v) is 6.08. The predicted octanol–water partition coefficient (Wildman–Crippen LogP) is 0.886. The lowest BCUT2D eigenvalue weighted by molar-refractivity contribution is 0.135. The van der Waals surface area contributed by atoms with Crippen molar-refractivity contribution >= 4 is 6.03 Å². The first-order chi connectivity index (χ1) is 7.31. The number of piperazine rings is 1. The second-order valence-electron chi connectivity index (χ2n) is 4.49. The van der Waals surface area contributed by atoms with E-state index in [0.29, 0.717) is 0 Å². The van der Waals surface area contributed by atoms with Crippen molar-refractivity contribution < 1.29 is 4.79 Å². The molecule has 1 heterocycles. The van der Waals surface area contributed by atoms with Crippen LogP contribution in [0.3, 0.4) is 0 Å². The molecule has 0 aromatic heterocycles. The maximum atomic E-state index is 11.6. The second-order valence-corrected chi connectivity index (χ2v) is 4.49. The molecule has 1 saturated heterocycles. The van der Waals surface area contributed by atoms with E-state index < -0.39 is 0 Å². The van der Waals surface area contributed by atoms with Crippen molar-refractivity contribution in [1.29, 1.82) is 0 Å². The number of rotatable bonds is 3. The van der Waals surface area contributed by atoms with Gasteiger partial charge in [-0.1, -0.05) is 6.92 Å². The molecule has 0 atom stereocenters. The molecule has 15 heavy (non-hydrogen) atoms. The van der Waals surface area contributed by atoms with E-state index in [1.807, 2.05) is 4.90 Å². The van der Waals surface area contributed by atoms with Crippen molar-refractivity contribution in [3.05, 3.63) is 0 Å². The molecule has 0 bridgehead atoms. The van der Waals surface area contributed by atoms with Crippen molar-refractivity contribution in [1.82, 2.24) is 15.1 Å². The molecular formula is C11H21N3O. The van der Waals surface area contributed by atoms with Crippen LogP contribution in [-0.2, 0) is 0 Å². The highest BCUT2D eigenvalue weighted by atomic mass is 16.2. The van der Waals surface area contributed by atoms with Crippen LogP contribution in [0.15, 0.2) is 0 Å². The molecule has 1 N–H and O–H groups in total. The molecule has 4 nitrogen and oxygen atoms in total. The highest BCUT2D eigenvalue weighted by molar-refractivity contribution is 5.74. The van der Waals surface area contributed by atoms with Gasteiger partial charge in [-0.15, -0.1) is 0 Å². The number of amides is 2. The van der Waals surface area contributed by atoms with Crippen LogP contribution < -0.4 is 5.32 Å². The van der Waals surface area contributed by atoms with Gasteiger partial charge in [0.15, 0.2) is 0 Å². The number of carbonyl (C=O) groups is 1. The van der Waals surface area contributed by atoms with E-state index in [-0.39, 0.29) is 6.03 Å². The standard InChI is InChI=1S/C11H21N3O/c1-2-5-12-11(15)14-8-6-13(7-9-14)10-3-4-10/h10H,2-9H2,1H3,(H,12,15). The summed E-state index contributed by atoms with van der Waals surface area (Å²) in [6.45, 7) is 6.78. The molecular weight excluding hydrogens is 190 g/mol. The summed E-state index contributed by atoms with van der Waals surface area (Å²) in [7, 11) is 0. The molecule has 4 heteroatoms. The summed E-state index contributed by atoms with van der Waals surface area (Å²) in [6.07, 6.45) is 3.73. The zero-order valence-electron chi connectivity index (χ0n) is 9.54. The molecule has 2 fully saturated rings. The molecule has 2 amide bonds. The van der Waals surface area contributed by atoms with E-state index in [2.05, 4.69) is 17.1 Å². The van der Waals surface area contributed by atoms with Crippen LogP contribution in [0.5, 0.6) is 0 Å². The zero-order valence-corrected chi connectivity index (χ0v) is 9.54. The summed E-state index contributed by atoms with van der Waals surface area (Å²) >= 11 is 0. The first kappa shape index (κ1) is 10.7. The molecule has 1 aliphatic carbocycles. The SMILES string of the molecule is CCCNC(=O)N1CCN(C2CC2)CC1. The Morgan fingerprint density at radius 3 is 2.47 bits per heavy atom. The van der Waals surface area contributed by atoms with Crippen LogP contribution >= 0.6 is 0 Å². The van der Waals surface area contributed by atoms with Gasteiger partial charge in [0.25, 0.3) is 0 Å². The molecule has 1 saturated carbocycles. The van der Waals surface area contributed by atoms with Gasteiger partial charge in [0.1, 0.15) is 0 Å². The quantitative estimate of drug-likeness (QED) is 0.752. The molecule has 0 aromatic rings. The highest BCUT2D eigenvalue weighted by Gasteiger charge is 2.31. The summed E-state index contributed by atoms with van der Waals surface area (Å²) in [6, 6.07) is 0.957. The van der Waals surface area contributed by atoms with Gasteiger partial charge in [0.2, 0.25) is 0 Å². The van der Waals surface area contributed by atoms with Crippen molar-refractivity contribution in [2.24, 2.45) is 0 Å². The van der Waals surface area contributed by atoms with Crippen LogP contribution in [0, 0.1) is 0 Å². The smallest absolute Gasteiger partial charge is 0.317 e. The van der Waals surface area contributed by atoms with Crippen LogP contribution in [-0.4, -0.2) is 54.6 Å². The number of nitrogens with one attached hydrogen (secondary N) is 1. The fourth-order valence-corrected chi connectivity index (χ4v) is 2.07. The topological polar surface area (TPSA) is 35.6 Å². The largest absolute Gasteiger partial charge is 0.338 e. The third kappa shape index (κ3) is 2.84. The zero-order chi connectivity index (χ0) is 10.7. The highest BCUT2D eigenvalue weighted by Crippen LogP contribution is 2.27. The Balaban J connectivity index is 1.69. The fraction of sp³-hybridized carbons (Fsp3) is 0.909. The van der Waals surface area contributed by atoms with Crippen LogP contribution in [0.4, 0.5) is 4.79 Å². The van der Waals surface area contributed by atoms with Gasteiger partial charge < -0.3 is 10.2 Å².